The molecule has 104 valence electrons. The molecule has 0 saturated carbocycles. The summed E-state index contributed by atoms with van der Waals surface area (Å²) in [7, 11) is 0. The van der Waals surface area contributed by atoms with Crippen LogP contribution in [0.25, 0.3) is 0 Å². The third-order valence-electron chi connectivity index (χ3n) is 3.34. The van der Waals surface area contributed by atoms with Crippen molar-refractivity contribution in [1.82, 2.24) is 10.2 Å². The van der Waals surface area contributed by atoms with Gasteiger partial charge in [-0.1, -0.05) is 12.5 Å². The Morgan fingerprint density at radius 2 is 2.05 bits per heavy atom. The second-order valence-corrected chi connectivity index (χ2v) is 4.85. The average molecular weight is 263 g/mol. The molecule has 1 heterocycles. The molecule has 5 heteroatoms. The smallest absolute Gasteiger partial charge is 0.246 e. The fourth-order valence-electron chi connectivity index (χ4n) is 2.00. The molecule has 5 nitrogen and oxygen atoms in total. The van der Waals surface area contributed by atoms with Gasteiger partial charge in [0.25, 0.3) is 0 Å². The Morgan fingerprint density at radius 1 is 1.42 bits per heavy atom. The Kier molecular flexibility index (Phi) is 6.07. The fourth-order valence-corrected chi connectivity index (χ4v) is 2.00. The van der Waals surface area contributed by atoms with Crippen LogP contribution < -0.4 is 5.32 Å². The SMILES string of the molecule is CC/C(C)=C/C(=O)N1CCC(NC(=O)CC#N)CC1. The van der Waals surface area contributed by atoms with E-state index in [1.54, 1.807) is 6.08 Å². The maximum Gasteiger partial charge on any atom is 0.246 e. The highest BCUT2D eigenvalue weighted by molar-refractivity contribution is 5.88. The van der Waals surface area contributed by atoms with Gasteiger partial charge in [-0.3, -0.25) is 9.59 Å². The lowest BCUT2D eigenvalue weighted by atomic mass is 10.0. The molecule has 1 aliphatic heterocycles. The predicted molar refractivity (Wildman–Crippen MR) is 72.0 cm³/mol. The molecule has 0 radical (unpaired) electrons. The number of rotatable bonds is 4. The van der Waals surface area contributed by atoms with Crippen molar-refractivity contribution in [3.63, 3.8) is 0 Å². The number of allylic oxidation sites excluding steroid dienone is 1. The molecule has 0 bridgehead atoms. The highest BCUT2D eigenvalue weighted by Gasteiger charge is 2.22. The minimum absolute atomic E-state index is 0.0566. The summed E-state index contributed by atoms with van der Waals surface area (Å²) in [4.78, 5) is 25.0. The van der Waals surface area contributed by atoms with Gasteiger partial charge in [0.15, 0.2) is 0 Å². The van der Waals surface area contributed by atoms with Gasteiger partial charge in [0.05, 0.1) is 6.07 Å². The second-order valence-electron chi connectivity index (χ2n) is 4.85. The van der Waals surface area contributed by atoms with Crippen LogP contribution in [0, 0.1) is 11.3 Å². The van der Waals surface area contributed by atoms with Crippen LogP contribution in [-0.4, -0.2) is 35.8 Å². The first-order valence-corrected chi connectivity index (χ1v) is 6.69. The molecule has 1 saturated heterocycles. The third-order valence-corrected chi connectivity index (χ3v) is 3.34. The summed E-state index contributed by atoms with van der Waals surface area (Å²) in [5.41, 5.74) is 1.08. The van der Waals surface area contributed by atoms with E-state index in [0.717, 1.165) is 24.8 Å². The van der Waals surface area contributed by atoms with Gasteiger partial charge in [-0.25, -0.2) is 0 Å². The molecule has 0 aromatic carbocycles. The lowest BCUT2D eigenvalue weighted by Gasteiger charge is -2.31. The fraction of sp³-hybridized carbons (Fsp3) is 0.643. The number of nitrogens with one attached hydrogen (secondary N) is 1. The average Bonchev–Trinajstić information content (AvgIpc) is 2.39. The van der Waals surface area contributed by atoms with Crippen molar-refractivity contribution in [2.24, 2.45) is 0 Å². The van der Waals surface area contributed by atoms with Crippen LogP contribution in [0.4, 0.5) is 0 Å². The molecule has 0 unspecified atom stereocenters. The van der Waals surface area contributed by atoms with Gasteiger partial charge in [0.2, 0.25) is 11.8 Å². The quantitative estimate of drug-likeness (QED) is 0.778. The topological polar surface area (TPSA) is 73.2 Å². The molecule has 1 aliphatic rings. The summed E-state index contributed by atoms with van der Waals surface area (Å²) >= 11 is 0. The van der Waals surface area contributed by atoms with Crippen LogP contribution in [0.2, 0.25) is 0 Å². The standard InChI is InChI=1S/C14H21N3O2/c1-3-11(2)10-14(19)17-8-5-12(6-9-17)16-13(18)4-7-15/h10,12H,3-6,8-9H2,1-2H3,(H,16,18)/b11-10+. The number of carbonyl (C=O) groups excluding carboxylic acids is 2. The summed E-state index contributed by atoms with van der Waals surface area (Å²) in [6, 6.07) is 1.91. The van der Waals surface area contributed by atoms with E-state index in [1.807, 2.05) is 24.8 Å². The number of piperidine rings is 1. The Hall–Kier alpha value is -1.83. The number of hydrogen-bond acceptors (Lipinski definition) is 3. The minimum atomic E-state index is -0.228. The molecule has 1 N–H and O–H groups in total. The van der Waals surface area contributed by atoms with Gasteiger partial charge in [-0.2, -0.15) is 5.26 Å². The second kappa shape index (κ2) is 7.57. The van der Waals surface area contributed by atoms with E-state index in [1.165, 1.54) is 0 Å². The van der Waals surface area contributed by atoms with E-state index >= 15 is 0 Å². The first kappa shape index (κ1) is 15.2. The van der Waals surface area contributed by atoms with Crippen molar-refractivity contribution in [2.75, 3.05) is 13.1 Å². The molecule has 1 fully saturated rings. The van der Waals surface area contributed by atoms with E-state index in [4.69, 9.17) is 5.26 Å². The van der Waals surface area contributed by atoms with Gasteiger partial charge in [0.1, 0.15) is 6.42 Å². The first-order valence-electron chi connectivity index (χ1n) is 6.69. The van der Waals surface area contributed by atoms with Crippen LogP contribution in [0.15, 0.2) is 11.6 Å². The van der Waals surface area contributed by atoms with Crippen LogP contribution in [0.1, 0.15) is 39.5 Å². The Labute approximate surface area is 114 Å². The number of hydrogen-bond donors (Lipinski definition) is 1. The van der Waals surface area contributed by atoms with Crippen molar-refractivity contribution >= 4 is 11.8 Å². The monoisotopic (exact) mass is 263 g/mol. The maximum atomic E-state index is 11.9. The summed E-state index contributed by atoms with van der Waals surface area (Å²) in [6.07, 6.45) is 3.97. The highest BCUT2D eigenvalue weighted by atomic mass is 16.2. The number of amides is 2. The molecule has 19 heavy (non-hydrogen) atoms. The van der Waals surface area contributed by atoms with Gasteiger partial charge in [0, 0.05) is 25.2 Å². The molecule has 0 aromatic rings. The van der Waals surface area contributed by atoms with Gasteiger partial charge in [-0.05, 0) is 26.2 Å². The van der Waals surface area contributed by atoms with Gasteiger partial charge >= 0.3 is 0 Å². The van der Waals surface area contributed by atoms with E-state index in [0.29, 0.717) is 13.1 Å². The summed E-state index contributed by atoms with van der Waals surface area (Å²) in [5.74, 6) is -0.171. The number of nitriles is 1. The van der Waals surface area contributed by atoms with E-state index in [-0.39, 0.29) is 24.3 Å². The lowest BCUT2D eigenvalue weighted by Crippen LogP contribution is -2.46. The van der Waals surface area contributed by atoms with Crippen LogP contribution in [0.3, 0.4) is 0 Å². The zero-order valence-electron chi connectivity index (χ0n) is 11.6. The van der Waals surface area contributed by atoms with Crippen molar-refractivity contribution in [2.45, 2.75) is 45.6 Å². The third kappa shape index (κ3) is 5.12. The summed E-state index contributed by atoms with van der Waals surface area (Å²) in [6.45, 7) is 5.29. The maximum absolute atomic E-state index is 11.9. The van der Waals surface area contributed by atoms with E-state index < -0.39 is 0 Å². The Bertz CT molecular complexity index is 401. The minimum Gasteiger partial charge on any atom is -0.352 e. The van der Waals surface area contributed by atoms with Crippen molar-refractivity contribution in [3.05, 3.63) is 11.6 Å². The van der Waals surface area contributed by atoms with Crippen LogP contribution in [-0.2, 0) is 9.59 Å². The molecule has 0 aliphatic carbocycles. The summed E-state index contributed by atoms with van der Waals surface area (Å²) < 4.78 is 0. The molecular formula is C14H21N3O2. The molecule has 0 spiro atoms. The van der Waals surface area contributed by atoms with Crippen molar-refractivity contribution < 1.29 is 9.59 Å². The number of likely N-dealkylation sites (tertiary alicyclic amines) is 1. The van der Waals surface area contributed by atoms with Crippen molar-refractivity contribution in [1.29, 1.82) is 5.26 Å². The van der Waals surface area contributed by atoms with Gasteiger partial charge < -0.3 is 10.2 Å². The molecule has 0 atom stereocenters. The molecule has 2 amide bonds. The summed E-state index contributed by atoms with van der Waals surface area (Å²) in [5, 5.41) is 11.2. The Morgan fingerprint density at radius 3 is 2.58 bits per heavy atom. The number of nitrogens with zero attached hydrogens (tertiary/aromatic N) is 2. The van der Waals surface area contributed by atoms with Crippen LogP contribution >= 0.6 is 0 Å². The zero-order valence-corrected chi connectivity index (χ0v) is 11.6. The normalized spacial score (nSPS) is 16.9. The van der Waals surface area contributed by atoms with Gasteiger partial charge in [-0.15, -0.1) is 0 Å². The van der Waals surface area contributed by atoms with Crippen molar-refractivity contribution in [3.8, 4) is 6.07 Å². The Balaban J connectivity index is 2.39. The number of carbonyl (C=O) groups is 2. The van der Waals surface area contributed by atoms with E-state index in [2.05, 4.69) is 5.32 Å². The van der Waals surface area contributed by atoms with E-state index in [9.17, 15) is 9.59 Å². The predicted octanol–water partition coefficient (Wildman–Crippen LogP) is 1.36. The molecule has 0 aromatic heterocycles. The highest BCUT2D eigenvalue weighted by Crippen LogP contribution is 2.12. The lowest BCUT2D eigenvalue weighted by molar-refractivity contribution is -0.127. The zero-order chi connectivity index (χ0) is 14.3. The molecular weight excluding hydrogens is 242 g/mol. The first-order chi connectivity index (χ1) is 9.06. The van der Waals surface area contributed by atoms with Crippen LogP contribution in [0.5, 0.6) is 0 Å². The largest absolute Gasteiger partial charge is 0.352 e. The molecule has 1 rings (SSSR count).